The van der Waals surface area contributed by atoms with E-state index in [1.165, 1.54) is 0 Å². The van der Waals surface area contributed by atoms with Crippen LogP contribution in [-0.4, -0.2) is 19.5 Å². The van der Waals surface area contributed by atoms with Crippen LogP contribution in [0.4, 0.5) is 11.4 Å². The van der Waals surface area contributed by atoms with Gasteiger partial charge in [-0.1, -0.05) is 78.9 Å². The summed E-state index contributed by atoms with van der Waals surface area (Å²) in [7, 11) is 0. The van der Waals surface area contributed by atoms with Gasteiger partial charge >= 0.3 is 0 Å². The molecule has 8 rings (SSSR count). The third-order valence-corrected chi connectivity index (χ3v) is 8.36. The lowest BCUT2D eigenvalue weighted by molar-refractivity contribution is 1.17. The molecule has 47 heavy (non-hydrogen) atoms. The fourth-order valence-electron chi connectivity index (χ4n) is 6.03. The van der Waals surface area contributed by atoms with Gasteiger partial charge in [-0.05, 0) is 76.5 Å². The van der Waals surface area contributed by atoms with Crippen LogP contribution in [0.1, 0.15) is 0 Å². The number of fused-ring (bicyclic) bond motifs is 3. The zero-order valence-corrected chi connectivity index (χ0v) is 25.0. The molecule has 0 fully saturated rings. The smallest absolute Gasteiger partial charge is 0.188 e. The van der Waals surface area contributed by atoms with Gasteiger partial charge in [-0.25, -0.2) is 19.7 Å². The molecule has 0 amide bonds. The number of hydrogen-bond acceptors (Lipinski definition) is 3. The topological polar surface area (TPSA) is 52.3 Å². The molecule has 0 saturated heterocycles. The first-order valence-corrected chi connectivity index (χ1v) is 15.1. The van der Waals surface area contributed by atoms with E-state index in [-0.39, 0.29) is 0 Å². The van der Waals surface area contributed by atoms with Crippen LogP contribution in [0.5, 0.6) is 0 Å². The second kappa shape index (κ2) is 11.6. The molecular weight excluding hydrogens is 576 g/mol. The van der Waals surface area contributed by atoms with Crippen molar-refractivity contribution < 1.29 is 0 Å². The maximum atomic E-state index is 7.52. The maximum absolute atomic E-state index is 7.52. The molecule has 8 aromatic rings. The van der Waals surface area contributed by atoms with Crippen molar-refractivity contribution in [3.8, 4) is 50.7 Å². The molecule has 3 heterocycles. The lowest BCUT2D eigenvalue weighted by atomic mass is 10.0. The molecule has 0 radical (unpaired) electrons. The SMILES string of the molecule is [C-]#[N+]c1ccc2c(c1)c1cc([N+]#[C-])ccc1n2-c1ccc(-c2cc(-c3ccc(-c4ccncc4)cc3)nc(-c3ccccc3)n2)cc1. The van der Waals surface area contributed by atoms with Crippen LogP contribution in [0.2, 0.25) is 0 Å². The van der Waals surface area contributed by atoms with E-state index in [0.29, 0.717) is 17.2 Å². The van der Waals surface area contributed by atoms with Crippen molar-refractivity contribution in [1.82, 2.24) is 19.5 Å². The Hall–Kier alpha value is -6.89. The van der Waals surface area contributed by atoms with E-state index < -0.39 is 0 Å². The molecule has 0 atom stereocenters. The van der Waals surface area contributed by atoms with Crippen LogP contribution in [0.15, 0.2) is 146 Å². The van der Waals surface area contributed by atoms with Crippen LogP contribution in [0, 0.1) is 13.1 Å². The fraction of sp³-hybridized carbons (Fsp3) is 0. The third kappa shape index (κ3) is 5.07. The number of hydrogen-bond donors (Lipinski definition) is 0. The van der Waals surface area contributed by atoms with E-state index in [4.69, 9.17) is 23.1 Å². The Morgan fingerprint density at radius 2 is 0.979 bits per heavy atom. The van der Waals surface area contributed by atoms with E-state index >= 15 is 0 Å². The molecule has 0 saturated carbocycles. The summed E-state index contributed by atoms with van der Waals surface area (Å²) in [5.41, 5.74) is 10.9. The first-order valence-electron chi connectivity index (χ1n) is 15.1. The van der Waals surface area contributed by atoms with Crippen LogP contribution >= 0.6 is 0 Å². The van der Waals surface area contributed by atoms with Crippen molar-refractivity contribution >= 4 is 33.2 Å². The number of pyridine rings is 1. The summed E-state index contributed by atoms with van der Waals surface area (Å²) < 4.78 is 2.18. The Morgan fingerprint density at radius 3 is 1.53 bits per heavy atom. The third-order valence-electron chi connectivity index (χ3n) is 8.36. The Labute approximate surface area is 271 Å². The summed E-state index contributed by atoms with van der Waals surface area (Å²) in [6.07, 6.45) is 3.60. The van der Waals surface area contributed by atoms with Crippen LogP contribution < -0.4 is 0 Å². The fourth-order valence-corrected chi connectivity index (χ4v) is 6.03. The number of nitrogens with zero attached hydrogens (tertiary/aromatic N) is 6. The molecule has 0 aliphatic carbocycles. The van der Waals surface area contributed by atoms with Crippen molar-refractivity contribution in [3.05, 3.63) is 169 Å². The van der Waals surface area contributed by atoms with Gasteiger partial charge in [0.1, 0.15) is 0 Å². The second-order valence-electron chi connectivity index (χ2n) is 11.2. The summed E-state index contributed by atoms with van der Waals surface area (Å²) in [5, 5.41) is 1.90. The minimum absolute atomic E-state index is 0.570. The van der Waals surface area contributed by atoms with Crippen molar-refractivity contribution in [2.75, 3.05) is 0 Å². The molecule has 3 aromatic heterocycles. The first-order chi connectivity index (χ1) is 23.2. The molecule has 0 spiro atoms. The molecule has 0 bridgehead atoms. The predicted octanol–water partition coefficient (Wildman–Crippen LogP) is 10.7. The number of benzene rings is 5. The monoisotopic (exact) mass is 600 g/mol. The molecule has 6 heteroatoms. The summed E-state index contributed by atoms with van der Waals surface area (Å²) >= 11 is 0. The van der Waals surface area contributed by atoms with Crippen molar-refractivity contribution in [1.29, 1.82) is 0 Å². The van der Waals surface area contributed by atoms with Gasteiger partial charge in [0.25, 0.3) is 0 Å². The van der Waals surface area contributed by atoms with Gasteiger partial charge in [-0.3, -0.25) is 4.98 Å². The number of rotatable bonds is 5. The van der Waals surface area contributed by atoms with Crippen molar-refractivity contribution in [2.45, 2.75) is 0 Å². The second-order valence-corrected chi connectivity index (χ2v) is 11.2. The van der Waals surface area contributed by atoms with Crippen molar-refractivity contribution in [2.24, 2.45) is 0 Å². The van der Waals surface area contributed by atoms with Crippen LogP contribution in [-0.2, 0) is 0 Å². The van der Waals surface area contributed by atoms with Gasteiger partial charge in [-0.15, -0.1) is 0 Å². The van der Waals surface area contributed by atoms with E-state index in [1.807, 2.05) is 84.9 Å². The Bertz CT molecular complexity index is 2430. The molecule has 5 aromatic carbocycles. The largest absolute Gasteiger partial charge is 0.309 e. The molecule has 218 valence electrons. The van der Waals surface area contributed by atoms with Gasteiger partial charge < -0.3 is 4.57 Å². The van der Waals surface area contributed by atoms with Crippen LogP contribution in [0.25, 0.3) is 82.2 Å². The van der Waals surface area contributed by atoms with Gasteiger partial charge in [0.15, 0.2) is 17.2 Å². The van der Waals surface area contributed by atoms with E-state index in [9.17, 15) is 0 Å². The molecular formula is C41H24N6. The van der Waals surface area contributed by atoms with Gasteiger partial charge in [0.05, 0.1) is 35.6 Å². The predicted molar refractivity (Wildman–Crippen MR) is 188 cm³/mol. The number of aromatic nitrogens is 4. The quantitative estimate of drug-likeness (QED) is 0.185. The standard InChI is InChI=1S/C41H24N6/c1-42-32-14-18-39-35(24-32)36-25-33(43-2)15-19-40(36)47(39)34-16-12-30(13-17-34)38-26-37(45-41(46-38)31-6-4-3-5-7-31)29-10-8-27(9-11-29)28-20-22-44-23-21-28/h3-26H. The van der Waals surface area contributed by atoms with Gasteiger partial charge in [0.2, 0.25) is 0 Å². The highest BCUT2D eigenvalue weighted by molar-refractivity contribution is 6.11. The lowest BCUT2D eigenvalue weighted by Gasteiger charge is -2.12. The highest BCUT2D eigenvalue weighted by atomic mass is 15.0. The van der Waals surface area contributed by atoms with Gasteiger partial charge in [-0.2, -0.15) is 0 Å². The summed E-state index contributed by atoms with van der Waals surface area (Å²) in [6.45, 7) is 15.0. The molecule has 6 nitrogen and oxygen atoms in total. The highest BCUT2D eigenvalue weighted by Gasteiger charge is 2.15. The van der Waals surface area contributed by atoms with E-state index in [2.05, 4.69) is 67.8 Å². The Balaban J connectivity index is 1.23. The molecule has 0 aliphatic rings. The van der Waals surface area contributed by atoms with Crippen molar-refractivity contribution in [3.63, 3.8) is 0 Å². The Kier molecular flexibility index (Phi) is 6.80. The summed E-state index contributed by atoms with van der Waals surface area (Å²) in [5.74, 6) is 0.661. The molecule has 0 aliphatic heterocycles. The minimum Gasteiger partial charge on any atom is -0.309 e. The van der Waals surface area contributed by atoms with E-state index in [1.54, 1.807) is 12.4 Å². The zero-order chi connectivity index (χ0) is 31.7. The minimum atomic E-state index is 0.570. The molecule has 0 unspecified atom stereocenters. The zero-order valence-electron chi connectivity index (χ0n) is 25.0. The van der Waals surface area contributed by atoms with E-state index in [0.717, 1.165) is 66.7 Å². The first kappa shape index (κ1) is 27.6. The molecule has 0 N–H and O–H groups in total. The average Bonchev–Trinajstić information content (AvgIpc) is 3.48. The summed E-state index contributed by atoms with van der Waals surface area (Å²) in [6, 6.07) is 44.3. The highest BCUT2D eigenvalue weighted by Crippen LogP contribution is 2.37. The van der Waals surface area contributed by atoms with Crippen LogP contribution in [0.3, 0.4) is 0 Å². The lowest BCUT2D eigenvalue weighted by Crippen LogP contribution is -1.97. The average molecular weight is 601 g/mol. The summed E-state index contributed by atoms with van der Waals surface area (Å²) in [4.78, 5) is 21.4. The normalized spacial score (nSPS) is 10.9. The van der Waals surface area contributed by atoms with Gasteiger partial charge in [0, 0.05) is 34.8 Å². The maximum Gasteiger partial charge on any atom is 0.188 e. The Morgan fingerprint density at radius 1 is 0.468 bits per heavy atom.